The number of rotatable bonds is 1. The lowest BCUT2D eigenvalue weighted by molar-refractivity contribution is 0.493. The highest BCUT2D eigenvalue weighted by Crippen LogP contribution is 2.15. The van der Waals surface area contributed by atoms with Crippen LogP contribution in [0.3, 0.4) is 0 Å². The first-order valence-corrected chi connectivity index (χ1v) is 2.83. The fraction of sp³-hybridized carbons (Fsp3) is 1.00. The lowest BCUT2D eigenvalue weighted by Gasteiger charge is -1.75. The quantitative estimate of drug-likeness (QED) is 0.465. The van der Waals surface area contributed by atoms with Crippen LogP contribution in [0, 0.1) is 0 Å². The predicted octanol–water partition coefficient (Wildman–Crippen LogP) is 0.0258. The summed E-state index contributed by atoms with van der Waals surface area (Å²) in [6, 6.07) is 0. The van der Waals surface area contributed by atoms with Gasteiger partial charge in [0, 0.05) is 0 Å². The van der Waals surface area contributed by atoms with Gasteiger partial charge in [-0.1, -0.05) is 0 Å². The average molecular weight is 108 g/mol. The third-order valence-corrected chi connectivity index (χ3v) is 1.05. The fourth-order valence-electron chi connectivity index (χ4n) is 0. The lowest BCUT2D eigenvalue weighted by atomic mass is 10.8. The summed E-state index contributed by atoms with van der Waals surface area (Å²) >= 11 is 0. The molecule has 0 spiro atoms. The van der Waals surface area contributed by atoms with Gasteiger partial charge in [-0.2, -0.15) is 4.89 Å². The minimum Gasteiger partial charge on any atom is -0.285 e. The zero-order valence-corrected chi connectivity index (χ0v) is 4.35. The van der Waals surface area contributed by atoms with Crippen LogP contribution in [-0.2, 0) is 4.57 Å². The van der Waals surface area contributed by atoms with Crippen molar-refractivity contribution < 1.29 is 9.46 Å². The van der Waals surface area contributed by atoms with Crippen LogP contribution in [-0.4, -0.2) is 10.7 Å². The Bertz CT molecular complexity index is 62.6. The molecule has 0 aromatic rings. The second-order valence-electron chi connectivity index (χ2n) is 1.04. The van der Waals surface area contributed by atoms with Crippen LogP contribution < -0.4 is 5.73 Å². The molecule has 1 unspecified atom stereocenters. The first kappa shape index (κ1) is 6.02. The summed E-state index contributed by atoms with van der Waals surface area (Å²) in [5.41, 5.74) is 4.90. The highest BCUT2D eigenvalue weighted by atomic mass is 31.1. The standard InChI is InChI=1S/C2H6NO2P/c1-2(3)6(4)5/h2H,3H2,1H3/p+1/t2-/m0/s1. The van der Waals surface area contributed by atoms with Crippen LogP contribution in [0.1, 0.15) is 6.92 Å². The van der Waals surface area contributed by atoms with Crippen LogP contribution in [0.2, 0.25) is 0 Å². The van der Waals surface area contributed by atoms with E-state index in [4.69, 9.17) is 10.6 Å². The maximum atomic E-state index is 9.72. The van der Waals surface area contributed by atoms with Crippen LogP contribution in [0.25, 0.3) is 0 Å². The van der Waals surface area contributed by atoms with E-state index < -0.39 is 13.8 Å². The molecule has 6 heavy (non-hydrogen) atoms. The number of hydrogen-bond acceptors (Lipinski definition) is 2. The molecule has 3 N–H and O–H groups in total. The summed E-state index contributed by atoms with van der Waals surface area (Å²) in [6.07, 6.45) is 0. The van der Waals surface area contributed by atoms with E-state index in [1.165, 1.54) is 6.92 Å². The van der Waals surface area contributed by atoms with Crippen molar-refractivity contribution in [1.82, 2.24) is 0 Å². The molecule has 36 valence electrons. The predicted molar refractivity (Wildman–Crippen MR) is 23.5 cm³/mol. The molecule has 0 aromatic heterocycles. The maximum Gasteiger partial charge on any atom is 0.524 e. The highest BCUT2D eigenvalue weighted by Gasteiger charge is 2.15. The zero-order valence-electron chi connectivity index (χ0n) is 3.46. The molecule has 0 aliphatic heterocycles. The lowest BCUT2D eigenvalue weighted by Crippen LogP contribution is -2.07. The second kappa shape index (κ2) is 2.24. The maximum absolute atomic E-state index is 9.72. The van der Waals surface area contributed by atoms with Crippen LogP contribution in [0.15, 0.2) is 0 Å². The molecule has 4 heteroatoms. The monoisotopic (exact) mass is 108 g/mol. The van der Waals surface area contributed by atoms with E-state index in [-0.39, 0.29) is 0 Å². The molecule has 0 aliphatic carbocycles. The van der Waals surface area contributed by atoms with Gasteiger partial charge in [-0.3, -0.25) is 5.73 Å². The fourth-order valence-corrected chi connectivity index (χ4v) is 0. The van der Waals surface area contributed by atoms with E-state index in [0.717, 1.165) is 0 Å². The summed E-state index contributed by atoms with van der Waals surface area (Å²) < 4.78 is 9.72. The number of hydrogen-bond donors (Lipinski definition) is 2. The van der Waals surface area contributed by atoms with Crippen molar-refractivity contribution in [3.05, 3.63) is 0 Å². The normalized spacial score (nSPS) is 16.8. The smallest absolute Gasteiger partial charge is 0.285 e. The Labute approximate surface area is 37.0 Å². The summed E-state index contributed by atoms with van der Waals surface area (Å²) in [6.45, 7) is 1.48. The van der Waals surface area contributed by atoms with Crippen LogP contribution in [0.5, 0.6) is 0 Å². The van der Waals surface area contributed by atoms with Gasteiger partial charge in [-0.25, -0.2) is 0 Å². The summed E-state index contributed by atoms with van der Waals surface area (Å²) in [4.78, 5) is 8.01. The Hall–Kier alpha value is 0.0200. The largest absolute Gasteiger partial charge is 0.524 e. The van der Waals surface area contributed by atoms with Crippen LogP contribution in [0.4, 0.5) is 0 Å². The summed E-state index contributed by atoms with van der Waals surface area (Å²) in [5.74, 6) is -0.583. The molecule has 2 atom stereocenters. The van der Waals surface area contributed by atoms with Gasteiger partial charge in [-0.05, 0) is 11.5 Å². The molecule has 0 saturated heterocycles. The molecule has 0 bridgehead atoms. The Morgan fingerprint density at radius 1 is 2.00 bits per heavy atom. The molecule has 0 heterocycles. The van der Waals surface area contributed by atoms with E-state index in [9.17, 15) is 4.57 Å². The van der Waals surface area contributed by atoms with Gasteiger partial charge in [0.25, 0.3) is 0 Å². The topological polar surface area (TPSA) is 63.3 Å². The Morgan fingerprint density at radius 2 is 2.17 bits per heavy atom. The SMILES string of the molecule is C[C@@H](N)[P+](=O)O. The molecule has 0 rings (SSSR count). The van der Waals surface area contributed by atoms with Crippen molar-refractivity contribution in [2.75, 3.05) is 0 Å². The number of nitrogens with two attached hydrogens (primary N) is 1. The molecular formula is C2H7NO2P+. The van der Waals surface area contributed by atoms with Crippen molar-refractivity contribution in [3.8, 4) is 0 Å². The first-order valence-electron chi connectivity index (χ1n) is 1.55. The Kier molecular flexibility index (Phi) is 2.25. The highest BCUT2D eigenvalue weighted by molar-refractivity contribution is 7.38. The van der Waals surface area contributed by atoms with Crippen molar-refractivity contribution in [2.24, 2.45) is 5.73 Å². The molecule has 0 radical (unpaired) electrons. The van der Waals surface area contributed by atoms with Crippen molar-refractivity contribution in [3.63, 3.8) is 0 Å². The summed E-state index contributed by atoms with van der Waals surface area (Å²) in [7, 11) is -2.13. The van der Waals surface area contributed by atoms with E-state index in [1.54, 1.807) is 0 Å². The van der Waals surface area contributed by atoms with E-state index >= 15 is 0 Å². The molecule has 0 aromatic carbocycles. The van der Waals surface area contributed by atoms with Crippen molar-refractivity contribution >= 4 is 8.03 Å². The van der Waals surface area contributed by atoms with Crippen molar-refractivity contribution in [2.45, 2.75) is 12.7 Å². The van der Waals surface area contributed by atoms with Gasteiger partial charge < -0.3 is 0 Å². The third-order valence-electron chi connectivity index (χ3n) is 0.348. The van der Waals surface area contributed by atoms with E-state index in [0.29, 0.717) is 0 Å². The van der Waals surface area contributed by atoms with Gasteiger partial charge in [0.1, 0.15) is 0 Å². The van der Waals surface area contributed by atoms with E-state index in [1.807, 2.05) is 0 Å². The van der Waals surface area contributed by atoms with Gasteiger partial charge in [0.05, 0.1) is 0 Å². The second-order valence-corrected chi connectivity index (χ2v) is 2.46. The van der Waals surface area contributed by atoms with Gasteiger partial charge in [0.15, 0.2) is 0 Å². The molecule has 0 saturated carbocycles. The average Bonchev–Trinajstić information content (AvgIpc) is 1.36. The minimum absolute atomic E-state index is 0.583. The minimum atomic E-state index is -2.13. The summed E-state index contributed by atoms with van der Waals surface area (Å²) in [5, 5.41) is 0. The van der Waals surface area contributed by atoms with E-state index in [2.05, 4.69) is 0 Å². The van der Waals surface area contributed by atoms with Gasteiger partial charge in [-0.15, -0.1) is 0 Å². The molecular weight excluding hydrogens is 101 g/mol. The van der Waals surface area contributed by atoms with Gasteiger partial charge in [0.2, 0.25) is 5.78 Å². The molecule has 0 fully saturated rings. The molecule has 3 nitrogen and oxygen atoms in total. The van der Waals surface area contributed by atoms with Crippen LogP contribution >= 0.6 is 8.03 Å². The first-order chi connectivity index (χ1) is 2.64. The third kappa shape index (κ3) is 2.27. The van der Waals surface area contributed by atoms with Crippen molar-refractivity contribution in [1.29, 1.82) is 0 Å². The molecule has 0 aliphatic rings. The Morgan fingerprint density at radius 3 is 2.17 bits per heavy atom. The zero-order chi connectivity index (χ0) is 5.15. The van der Waals surface area contributed by atoms with Gasteiger partial charge >= 0.3 is 8.03 Å². The molecule has 0 amide bonds. The Balaban J connectivity index is 3.26.